The van der Waals surface area contributed by atoms with Crippen LogP contribution in [0.15, 0.2) is 33.7 Å². The van der Waals surface area contributed by atoms with E-state index in [1.165, 1.54) is 67.3 Å². The highest BCUT2D eigenvalue weighted by molar-refractivity contribution is 9.18. The predicted octanol–water partition coefficient (Wildman–Crippen LogP) is 4.81. The molecule has 4 nitrogen and oxygen atoms in total. The fourth-order valence-corrected chi connectivity index (χ4v) is 6.11. The van der Waals surface area contributed by atoms with Gasteiger partial charge in [-0.05, 0) is 76.6 Å². The average molecular weight is 600 g/mol. The number of aromatic amines is 2. The number of allylic oxidation sites excluding steroid dienone is 4. The predicted molar refractivity (Wildman–Crippen MR) is 155 cm³/mol. The van der Waals surface area contributed by atoms with E-state index < -0.39 is 0 Å². The second kappa shape index (κ2) is 10.1. The first-order chi connectivity index (χ1) is 16.6. The van der Waals surface area contributed by atoms with Crippen LogP contribution >= 0.6 is 31.9 Å². The summed E-state index contributed by atoms with van der Waals surface area (Å²) in [6.45, 7) is 17.6. The van der Waals surface area contributed by atoms with Crippen LogP contribution in [0.25, 0.3) is 12.2 Å². The highest BCUT2D eigenvalue weighted by Gasteiger charge is 2.25. The molecule has 35 heavy (non-hydrogen) atoms. The van der Waals surface area contributed by atoms with Crippen molar-refractivity contribution in [3.05, 3.63) is 78.7 Å². The normalized spacial score (nSPS) is 18.6. The number of aromatic nitrogens is 2. The molecule has 4 N–H and O–H groups in total. The summed E-state index contributed by atoms with van der Waals surface area (Å²) in [4.78, 5) is 14.5. The molecule has 0 amide bonds. The molecule has 0 aliphatic carbocycles. The van der Waals surface area contributed by atoms with Crippen molar-refractivity contribution in [1.29, 1.82) is 0 Å². The Hall–Kier alpha value is -2.18. The van der Waals surface area contributed by atoms with Gasteiger partial charge >= 0.3 is 0 Å². The van der Waals surface area contributed by atoms with E-state index in [-0.39, 0.29) is 0 Å². The summed E-state index contributed by atoms with van der Waals surface area (Å²) >= 11 is 7.27. The van der Waals surface area contributed by atoms with E-state index in [1.807, 2.05) is 0 Å². The summed E-state index contributed by atoms with van der Waals surface area (Å²) in [6, 6.07) is 0. The van der Waals surface area contributed by atoms with Crippen molar-refractivity contribution in [2.24, 2.45) is 0 Å². The van der Waals surface area contributed by atoms with E-state index >= 15 is 0 Å². The van der Waals surface area contributed by atoms with Crippen molar-refractivity contribution in [2.75, 3.05) is 0 Å². The molecule has 4 rings (SSSR count). The molecule has 0 radical (unpaired) electrons. The molecule has 0 spiro atoms. The van der Waals surface area contributed by atoms with Crippen molar-refractivity contribution in [3.63, 3.8) is 0 Å². The van der Waals surface area contributed by atoms with Gasteiger partial charge in [-0.1, -0.05) is 13.8 Å². The van der Waals surface area contributed by atoms with Crippen LogP contribution in [-0.2, 0) is 19.3 Å². The van der Waals surface area contributed by atoms with Gasteiger partial charge in [0.15, 0.2) is 0 Å². The molecule has 2 aliphatic rings. The van der Waals surface area contributed by atoms with Gasteiger partial charge in [0.05, 0.1) is 0 Å². The lowest BCUT2D eigenvalue weighted by Gasteiger charge is -2.05. The van der Waals surface area contributed by atoms with Gasteiger partial charge in [-0.3, -0.25) is 0 Å². The minimum absolute atomic E-state index is 0.870. The lowest BCUT2D eigenvalue weighted by Crippen LogP contribution is -2.66. The first-order valence-corrected chi connectivity index (χ1v) is 13.9. The Bertz CT molecular complexity index is 1290. The van der Waals surface area contributed by atoms with Crippen LogP contribution < -0.4 is 9.98 Å². The smallest absolute Gasteiger partial charge is 0.250 e. The summed E-state index contributed by atoms with van der Waals surface area (Å²) in [6.07, 6.45) is 7.38. The third-order valence-electron chi connectivity index (χ3n) is 7.73. The lowest BCUT2D eigenvalue weighted by atomic mass is 10.0. The van der Waals surface area contributed by atoms with Gasteiger partial charge in [-0.15, -0.1) is 0 Å². The molecule has 2 aromatic rings. The Labute approximate surface area is 225 Å². The van der Waals surface area contributed by atoms with Crippen LogP contribution in [0, 0.1) is 13.8 Å². The van der Waals surface area contributed by atoms with Crippen molar-refractivity contribution >= 4 is 53.3 Å². The van der Waals surface area contributed by atoms with Gasteiger partial charge in [0.2, 0.25) is 20.6 Å². The SMILES string of the molecule is CCc1c(Cc2[nH]c(/C=C3\[NH+]=C(Br)C(C)=C3C)c(C)c2CC)[nH]c(/C=C2\[NH+]=C(Br)C(C)=C2C)c1C. The Kier molecular flexibility index (Phi) is 7.44. The number of nitrogens with one attached hydrogen (secondary N) is 4. The summed E-state index contributed by atoms with van der Waals surface area (Å²) in [5.41, 5.74) is 17.8. The Morgan fingerprint density at radius 3 is 1.29 bits per heavy atom. The van der Waals surface area contributed by atoms with Crippen LogP contribution in [0.2, 0.25) is 0 Å². The van der Waals surface area contributed by atoms with Gasteiger partial charge in [0, 0.05) is 95.5 Å². The Morgan fingerprint density at radius 1 is 0.629 bits per heavy atom. The highest BCUT2D eigenvalue weighted by atomic mass is 79.9. The second-order valence-electron chi connectivity index (χ2n) is 9.62. The van der Waals surface area contributed by atoms with Crippen LogP contribution in [0.5, 0.6) is 0 Å². The number of rotatable bonds is 6. The first kappa shape index (κ1) is 25.9. The zero-order valence-electron chi connectivity index (χ0n) is 22.0. The molecular formula is C29H36Br2N4+2. The van der Waals surface area contributed by atoms with E-state index in [1.54, 1.807) is 0 Å². The minimum atomic E-state index is 0.870. The number of hydrogen-bond acceptors (Lipinski definition) is 0. The molecule has 0 unspecified atom stereocenters. The molecule has 0 atom stereocenters. The molecule has 0 aromatic carbocycles. The highest BCUT2D eigenvalue weighted by Crippen LogP contribution is 2.29. The largest absolute Gasteiger partial charge is 0.358 e. The first-order valence-electron chi connectivity index (χ1n) is 12.4. The molecule has 0 saturated carbocycles. The summed E-state index contributed by atoms with van der Waals surface area (Å²) in [7, 11) is 0. The molecule has 2 aliphatic heterocycles. The molecule has 184 valence electrons. The zero-order chi connectivity index (χ0) is 25.6. The maximum absolute atomic E-state index is 3.77. The zero-order valence-corrected chi connectivity index (χ0v) is 25.2. The third kappa shape index (κ3) is 4.67. The van der Waals surface area contributed by atoms with E-state index in [0.717, 1.165) is 39.9 Å². The van der Waals surface area contributed by atoms with Gasteiger partial charge in [-0.2, -0.15) is 9.98 Å². The van der Waals surface area contributed by atoms with E-state index in [4.69, 9.17) is 0 Å². The number of H-pyrrole nitrogens is 2. The maximum atomic E-state index is 3.77. The lowest BCUT2D eigenvalue weighted by molar-refractivity contribution is -0.382. The maximum Gasteiger partial charge on any atom is 0.250 e. The van der Waals surface area contributed by atoms with Crippen molar-refractivity contribution in [2.45, 2.75) is 74.7 Å². The third-order valence-corrected chi connectivity index (χ3v) is 9.32. The van der Waals surface area contributed by atoms with Gasteiger partial charge in [-0.25, -0.2) is 0 Å². The molecule has 0 fully saturated rings. The monoisotopic (exact) mass is 598 g/mol. The molecule has 0 bridgehead atoms. The molecule has 6 heteroatoms. The van der Waals surface area contributed by atoms with Gasteiger partial charge < -0.3 is 9.97 Å². The fourth-order valence-electron chi connectivity index (χ4n) is 5.09. The minimum Gasteiger partial charge on any atom is -0.358 e. The van der Waals surface area contributed by atoms with Crippen LogP contribution in [0.4, 0.5) is 0 Å². The van der Waals surface area contributed by atoms with Crippen LogP contribution in [-0.4, -0.2) is 19.2 Å². The summed E-state index contributed by atoms with van der Waals surface area (Å²) in [5.74, 6) is 0. The Balaban J connectivity index is 1.73. The van der Waals surface area contributed by atoms with Gasteiger partial charge in [0.25, 0.3) is 0 Å². The summed E-state index contributed by atoms with van der Waals surface area (Å²) < 4.78 is 2.11. The topological polar surface area (TPSA) is 59.5 Å². The Morgan fingerprint density at radius 2 is 1.00 bits per heavy atom. The van der Waals surface area contributed by atoms with Gasteiger partial charge in [0.1, 0.15) is 0 Å². The number of hydrogen-bond donors (Lipinski definition) is 4. The van der Waals surface area contributed by atoms with Crippen molar-refractivity contribution < 1.29 is 9.98 Å². The van der Waals surface area contributed by atoms with Crippen molar-refractivity contribution in [3.8, 4) is 0 Å². The van der Waals surface area contributed by atoms with E-state index in [0.29, 0.717) is 0 Å². The molecule has 0 saturated heterocycles. The summed E-state index contributed by atoms with van der Waals surface area (Å²) in [5, 5.41) is 0. The fraction of sp³-hybridized carbons (Fsp3) is 0.379. The average Bonchev–Trinajstić information content (AvgIpc) is 3.45. The van der Waals surface area contributed by atoms with Crippen molar-refractivity contribution in [1.82, 2.24) is 9.97 Å². The molecule has 4 heterocycles. The van der Waals surface area contributed by atoms with Crippen LogP contribution in [0.3, 0.4) is 0 Å². The molecule has 2 aromatic heterocycles. The second-order valence-corrected chi connectivity index (χ2v) is 11.2. The quantitative estimate of drug-likeness (QED) is 0.369. The number of halogens is 2. The van der Waals surface area contributed by atoms with E-state index in [2.05, 4.69) is 119 Å². The standard InChI is InChI=1S/C29H34Br2N4/c1-9-20-18(7)24(11-22-14(3)16(5)28(30)34-22)32-26(20)13-27-21(10-2)19(8)25(33-27)12-23-15(4)17(6)29(31)35-23/h11-12,32-33H,9-10,13H2,1-8H3/p+2/b22-11-,23-12-. The van der Waals surface area contributed by atoms with Crippen LogP contribution in [0.1, 0.15) is 86.6 Å². The van der Waals surface area contributed by atoms with E-state index in [9.17, 15) is 0 Å². The molecular weight excluding hydrogens is 564 g/mol.